The summed E-state index contributed by atoms with van der Waals surface area (Å²) in [7, 11) is 0. The van der Waals surface area contributed by atoms with Crippen molar-refractivity contribution in [2.24, 2.45) is 0 Å². The highest BCUT2D eigenvalue weighted by Gasteiger charge is 2.40. The lowest BCUT2D eigenvalue weighted by Crippen LogP contribution is -2.31. The number of carbonyl (C=O) groups excluding carboxylic acids is 1. The molecule has 1 aliphatic carbocycles. The van der Waals surface area contributed by atoms with Gasteiger partial charge in [-0.2, -0.15) is 23.4 Å². The predicted molar refractivity (Wildman–Crippen MR) is 83.7 cm³/mol. The standard InChI is InChI=1S/C16H20F3N5O/c1-3-23-8-7-12(21-23)10(2)20-14(25)9-24-13-6-4-5-11(13)15(22-24)16(17,18)19/h7-8,10H,3-6,9H2,1-2H3,(H,20,25)/t10-/m0/s1. The van der Waals surface area contributed by atoms with Crippen molar-refractivity contribution in [3.8, 4) is 0 Å². The summed E-state index contributed by atoms with van der Waals surface area (Å²) >= 11 is 0. The molecule has 1 aliphatic rings. The number of hydrogen-bond acceptors (Lipinski definition) is 3. The summed E-state index contributed by atoms with van der Waals surface area (Å²) in [5, 5.41) is 10.7. The Morgan fingerprint density at radius 1 is 1.36 bits per heavy atom. The number of aryl methyl sites for hydroxylation is 1. The maximum atomic E-state index is 13.1. The molecule has 3 rings (SSSR count). The van der Waals surface area contributed by atoms with Crippen LogP contribution in [0.1, 0.15) is 49.0 Å². The Morgan fingerprint density at radius 3 is 2.76 bits per heavy atom. The fourth-order valence-corrected chi connectivity index (χ4v) is 3.15. The van der Waals surface area contributed by atoms with Crippen molar-refractivity contribution in [2.75, 3.05) is 0 Å². The Labute approximate surface area is 143 Å². The highest BCUT2D eigenvalue weighted by atomic mass is 19.4. The van der Waals surface area contributed by atoms with Gasteiger partial charge in [0.05, 0.1) is 11.7 Å². The van der Waals surface area contributed by atoms with Crippen molar-refractivity contribution in [2.45, 2.75) is 58.4 Å². The third-order valence-electron chi connectivity index (χ3n) is 4.38. The topological polar surface area (TPSA) is 64.7 Å². The molecule has 1 amide bonds. The van der Waals surface area contributed by atoms with Gasteiger partial charge in [0, 0.05) is 24.0 Å². The molecule has 9 heteroatoms. The van der Waals surface area contributed by atoms with E-state index < -0.39 is 11.9 Å². The van der Waals surface area contributed by atoms with Gasteiger partial charge in [-0.1, -0.05) is 0 Å². The van der Waals surface area contributed by atoms with Crippen LogP contribution < -0.4 is 5.32 Å². The van der Waals surface area contributed by atoms with Crippen LogP contribution >= 0.6 is 0 Å². The first-order valence-corrected chi connectivity index (χ1v) is 8.28. The van der Waals surface area contributed by atoms with E-state index in [2.05, 4.69) is 15.5 Å². The van der Waals surface area contributed by atoms with Gasteiger partial charge in [-0.15, -0.1) is 0 Å². The minimum Gasteiger partial charge on any atom is -0.346 e. The van der Waals surface area contributed by atoms with Gasteiger partial charge in [0.2, 0.25) is 5.91 Å². The molecule has 136 valence electrons. The molecule has 0 bridgehead atoms. The Balaban J connectivity index is 1.71. The van der Waals surface area contributed by atoms with Crippen LogP contribution in [0.15, 0.2) is 12.3 Å². The summed E-state index contributed by atoms with van der Waals surface area (Å²) in [5.41, 5.74) is 0.597. The number of aromatic nitrogens is 4. The molecule has 6 nitrogen and oxygen atoms in total. The third kappa shape index (κ3) is 3.54. The summed E-state index contributed by atoms with van der Waals surface area (Å²) < 4.78 is 42.2. The smallest absolute Gasteiger partial charge is 0.346 e. The molecule has 2 aromatic heterocycles. The SMILES string of the molecule is CCn1ccc([C@H](C)NC(=O)Cn2nc(C(F)(F)F)c3c2CCC3)n1. The van der Waals surface area contributed by atoms with E-state index in [0.29, 0.717) is 30.7 Å². The number of nitrogens with zero attached hydrogens (tertiary/aromatic N) is 4. The van der Waals surface area contributed by atoms with Crippen molar-refractivity contribution in [3.05, 3.63) is 34.9 Å². The number of rotatable bonds is 5. The molecule has 0 radical (unpaired) electrons. The normalized spacial score (nSPS) is 15.2. The number of fused-ring (bicyclic) bond motifs is 1. The zero-order chi connectivity index (χ0) is 18.2. The number of nitrogens with one attached hydrogen (secondary N) is 1. The second-order valence-corrected chi connectivity index (χ2v) is 6.17. The second-order valence-electron chi connectivity index (χ2n) is 6.17. The Hall–Kier alpha value is -2.32. The van der Waals surface area contributed by atoms with Crippen molar-refractivity contribution >= 4 is 5.91 Å². The molecule has 0 fully saturated rings. The van der Waals surface area contributed by atoms with Gasteiger partial charge in [0.25, 0.3) is 0 Å². The van der Waals surface area contributed by atoms with Crippen LogP contribution in [-0.4, -0.2) is 25.5 Å². The van der Waals surface area contributed by atoms with E-state index in [-0.39, 0.29) is 24.1 Å². The van der Waals surface area contributed by atoms with Gasteiger partial charge in [0.1, 0.15) is 6.54 Å². The highest BCUT2D eigenvalue weighted by Crippen LogP contribution is 2.36. The van der Waals surface area contributed by atoms with E-state index in [1.54, 1.807) is 11.6 Å². The quantitative estimate of drug-likeness (QED) is 0.896. The molecule has 2 heterocycles. The number of carbonyl (C=O) groups is 1. The van der Waals surface area contributed by atoms with Crippen molar-refractivity contribution in [3.63, 3.8) is 0 Å². The molecule has 0 spiro atoms. The number of hydrogen-bond donors (Lipinski definition) is 1. The van der Waals surface area contributed by atoms with Gasteiger partial charge in [-0.05, 0) is 39.2 Å². The maximum Gasteiger partial charge on any atom is 0.435 e. The predicted octanol–water partition coefficient (Wildman–Crippen LogP) is 2.48. The first-order chi connectivity index (χ1) is 11.8. The molecule has 0 saturated carbocycles. The van der Waals surface area contributed by atoms with Crippen LogP contribution in [0.25, 0.3) is 0 Å². The van der Waals surface area contributed by atoms with E-state index in [9.17, 15) is 18.0 Å². The lowest BCUT2D eigenvalue weighted by atomic mass is 10.2. The van der Waals surface area contributed by atoms with Gasteiger partial charge < -0.3 is 5.32 Å². The van der Waals surface area contributed by atoms with E-state index in [4.69, 9.17) is 0 Å². The molecule has 1 N–H and O–H groups in total. The Morgan fingerprint density at radius 2 is 2.12 bits per heavy atom. The molecule has 0 aromatic carbocycles. The van der Waals surface area contributed by atoms with Crippen molar-refractivity contribution in [1.82, 2.24) is 24.9 Å². The third-order valence-corrected chi connectivity index (χ3v) is 4.38. The van der Waals surface area contributed by atoms with Crippen LogP contribution in [0.2, 0.25) is 0 Å². The number of halogens is 3. The molecule has 1 atom stereocenters. The molecule has 0 saturated heterocycles. The van der Waals surface area contributed by atoms with Crippen molar-refractivity contribution < 1.29 is 18.0 Å². The molecular weight excluding hydrogens is 335 g/mol. The summed E-state index contributed by atoms with van der Waals surface area (Å²) in [6.45, 7) is 4.24. The van der Waals surface area contributed by atoms with Crippen molar-refractivity contribution in [1.29, 1.82) is 0 Å². The second kappa shape index (κ2) is 6.53. The van der Waals surface area contributed by atoms with E-state index >= 15 is 0 Å². The average Bonchev–Trinajstić information content (AvgIpc) is 3.22. The maximum absolute atomic E-state index is 13.1. The molecule has 0 unspecified atom stereocenters. The Bertz CT molecular complexity index is 777. The van der Waals surface area contributed by atoms with Crippen LogP contribution in [-0.2, 0) is 36.9 Å². The van der Waals surface area contributed by atoms with Crippen LogP contribution in [0.4, 0.5) is 13.2 Å². The summed E-state index contributed by atoms with van der Waals surface area (Å²) in [5.74, 6) is -0.385. The van der Waals surface area contributed by atoms with Crippen LogP contribution in [0, 0.1) is 0 Å². The highest BCUT2D eigenvalue weighted by molar-refractivity contribution is 5.76. The number of alkyl halides is 3. The summed E-state index contributed by atoms with van der Waals surface area (Å²) in [4.78, 5) is 12.2. The summed E-state index contributed by atoms with van der Waals surface area (Å²) in [6.07, 6.45) is -1.15. The average molecular weight is 355 g/mol. The monoisotopic (exact) mass is 355 g/mol. The molecule has 2 aromatic rings. The zero-order valence-electron chi connectivity index (χ0n) is 14.1. The lowest BCUT2D eigenvalue weighted by Gasteiger charge is -2.12. The Kier molecular flexibility index (Phi) is 4.57. The molecule has 25 heavy (non-hydrogen) atoms. The van der Waals surface area contributed by atoms with Gasteiger partial charge >= 0.3 is 6.18 Å². The van der Waals surface area contributed by atoms with Gasteiger partial charge in [-0.25, -0.2) is 0 Å². The zero-order valence-corrected chi connectivity index (χ0v) is 14.1. The minimum atomic E-state index is -4.49. The fourth-order valence-electron chi connectivity index (χ4n) is 3.15. The first-order valence-electron chi connectivity index (χ1n) is 8.28. The minimum absolute atomic E-state index is 0.225. The van der Waals surface area contributed by atoms with Crippen LogP contribution in [0.3, 0.4) is 0 Å². The van der Waals surface area contributed by atoms with E-state index in [0.717, 1.165) is 6.54 Å². The molecular formula is C16H20F3N5O. The van der Waals surface area contributed by atoms with Gasteiger partial charge in [-0.3, -0.25) is 14.2 Å². The lowest BCUT2D eigenvalue weighted by molar-refractivity contribution is -0.142. The first kappa shape index (κ1) is 17.5. The number of amides is 1. The fraction of sp³-hybridized carbons (Fsp3) is 0.562. The molecule has 0 aliphatic heterocycles. The van der Waals surface area contributed by atoms with E-state index in [1.165, 1.54) is 4.68 Å². The van der Waals surface area contributed by atoms with Crippen LogP contribution in [0.5, 0.6) is 0 Å². The van der Waals surface area contributed by atoms with E-state index in [1.807, 2.05) is 19.2 Å². The largest absolute Gasteiger partial charge is 0.435 e. The summed E-state index contributed by atoms with van der Waals surface area (Å²) in [6, 6.07) is 1.48. The van der Waals surface area contributed by atoms with Gasteiger partial charge in [0.15, 0.2) is 5.69 Å².